The molecule has 0 unspecified atom stereocenters. The van der Waals surface area contributed by atoms with Crippen molar-refractivity contribution in [3.8, 4) is 0 Å². The molecule has 0 amide bonds. The first-order valence-electron chi connectivity index (χ1n) is 11.5. The van der Waals surface area contributed by atoms with Crippen molar-refractivity contribution in [2.75, 3.05) is 0 Å². The summed E-state index contributed by atoms with van der Waals surface area (Å²) in [6.07, 6.45) is 9.35. The molecule has 5 nitrogen and oxygen atoms in total. The molecule has 30 heavy (non-hydrogen) atoms. The van der Waals surface area contributed by atoms with E-state index < -0.39 is 11.0 Å². The highest BCUT2D eigenvalue weighted by molar-refractivity contribution is 5.85. The topological polar surface area (TPSA) is 72.8 Å². The van der Waals surface area contributed by atoms with E-state index >= 15 is 0 Å². The van der Waals surface area contributed by atoms with Crippen molar-refractivity contribution in [1.82, 2.24) is 0 Å². The van der Waals surface area contributed by atoms with Crippen LogP contribution in [0.15, 0.2) is 23.3 Å². The quantitative estimate of drug-likeness (QED) is 0.528. The van der Waals surface area contributed by atoms with E-state index in [2.05, 4.69) is 26.8 Å². The molecule has 166 valence electrons. The van der Waals surface area contributed by atoms with Gasteiger partial charge in [0, 0.05) is 24.8 Å². The highest BCUT2D eigenvalue weighted by atomic mass is 16.6. The normalized spacial score (nSPS) is 45.7. The van der Waals surface area contributed by atoms with Crippen LogP contribution in [-0.4, -0.2) is 34.9 Å². The smallest absolute Gasteiger partial charge is 0.331 e. The molecule has 0 radical (unpaired) electrons. The molecular weight excluding hydrogens is 380 g/mol. The second-order valence-corrected chi connectivity index (χ2v) is 11.0. The van der Waals surface area contributed by atoms with Crippen LogP contribution in [0, 0.1) is 22.7 Å². The Morgan fingerprint density at radius 1 is 1.23 bits per heavy atom. The molecule has 2 saturated carbocycles. The number of carbonyl (C=O) groups excluding carboxylic acids is 2. The number of hydrogen-bond donors (Lipinski definition) is 1. The summed E-state index contributed by atoms with van der Waals surface area (Å²) in [5, 5.41) is 11.4. The second kappa shape index (κ2) is 7.22. The lowest BCUT2D eigenvalue weighted by Crippen LogP contribution is -2.61. The third kappa shape index (κ3) is 3.34. The Morgan fingerprint density at radius 2 is 1.97 bits per heavy atom. The van der Waals surface area contributed by atoms with Crippen LogP contribution in [0.5, 0.6) is 0 Å². The molecule has 4 rings (SSSR count). The highest BCUT2D eigenvalue weighted by Crippen LogP contribution is 2.66. The Kier molecular flexibility index (Phi) is 5.20. The van der Waals surface area contributed by atoms with E-state index in [1.165, 1.54) is 5.57 Å². The number of allylic oxidation sites excluding steroid dienone is 1. The number of cyclic esters (lactones) is 1. The number of hydrogen-bond acceptors (Lipinski definition) is 5. The van der Waals surface area contributed by atoms with Crippen molar-refractivity contribution in [2.45, 2.75) is 97.4 Å². The van der Waals surface area contributed by atoms with Crippen LogP contribution < -0.4 is 0 Å². The SMILES string of the molecule is CC(=CC[C@@H]1OC(=O)C=C1C)CC[C@@H]1[C@@]2(C)CCC[C@@]3(C)C(=O)O[C@@H](C[C@@]1(C)O)[C@@H]23. The average molecular weight is 417 g/mol. The Balaban J connectivity index is 1.49. The maximum atomic E-state index is 12.7. The summed E-state index contributed by atoms with van der Waals surface area (Å²) in [5.74, 6) is -0.00966. The van der Waals surface area contributed by atoms with Gasteiger partial charge in [0.1, 0.15) is 12.2 Å². The van der Waals surface area contributed by atoms with Crippen molar-refractivity contribution in [3.63, 3.8) is 0 Å². The lowest BCUT2D eigenvalue weighted by Gasteiger charge is -2.59. The Bertz CT molecular complexity index is 808. The van der Waals surface area contributed by atoms with Crippen molar-refractivity contribution < 1.29 is 24.2 Å². The summed E-state index contributed by atoms with van der Waals surface area (Å²) in [5.41, 5.74) is 0.869. The van der Waals surface area contributed by atoms with Gasteiger partial charge in [-0.2, -0.15) is 0 Å². The molecule has 4 aliphatic rings. The minimum absolute atomic E-state index is 0.0644. The van der Waals surface area contributed by atoms with Crippen LogP contribution in [0.3, 0.4) is 0 Å². The maximum absolute atomic E-state index is 12.7. The third-order valence-electron chi connectivity index (χ3n) is 8.69. The molecule has 3 fully saturated rings. The highest BCUT2D eigenvalue weighted by Gasteiger charge is 2.69. The molecule has 2 aliphatic heterocycles. The van der Waals surface area contributed by atoms with E-state index in [1.54, 1.807) is 6.08 Å². The first-order chi connectivity index (χ1) is 14.0. The molecule has 0 bridgehead atoms. The van der Waals surface area contributed by atoms with Gasteiger partial charge in [-0.1, -0.05) is 25.0 Å². The van der Waals surface area contributed by atoms with Gasteiger partial charge in [0.15, 0.2) is 0 Å². The minimum Gasteiger partial charge on any atom is -0.461 e. The first-order valence-corrected chi connectivity index (χ1v) is 11.5. The fraction of sp³-hybridized carbons (Fsp3) is 0.760. The zero-order valence-corrected chi connectivity index (χ0v) is 19.0. The molecule has 0 aromatic carbocycles. The average Bonchev–Trinajstić information content (AvgIpc) is 3.08. The minimum atomic E-state index is -0.848. The number of ether oxygens (including phenoxy) is 2. The molecule has 1 N–H and O–H groups in total. The monoisotopic (exact) mass is 416 g/mol. The van der Waals surface area contributed by atoms with Gasteiger partial charge in [0.05, 0.1) is 11.0 Å². The van der Waals surface area contributed by atoms with E-state index in [9.17, 15) is 14.7 Å². The van der Waals surface area contributed by atoms with Gasteiger partial charge in [-0.3, -0.25) is 4.79 Å². The Labute approximate surface area is 179 Å². The van der Waals surface area contributed by atoms with Gasteiger partial charge in [-0.25, -0.2) is 4.79 Å². The molecule has 2 aliphatic carbocycles. The molecule has 2 heterocycles. The van der Waals surface area contributed by atoms with Gasteiger partial charge >= 0.3 is 11.9 Å². The van der Waals surface area contributed by atoms with Crippen molar-refractivity contribution in [1.29, 1.82) is 0 Å². The van der Waals surface area contributed by atoms with Crippen LogP contribution in [-0.2, 0) is 19.1 Å². The second-order valence-electron chi connectivity index (χ2n) is 11.0. The van der Waals surface area contributed by atoms with Gasteiger partial charge in [0.2, 0.25) is 0 Å². The van der Waals surface area contributed by atoms with Crippen LogP contribution in [0.1, 0.15) is 79.6 Å². The van der Waals surface area contributed by atoms with E-state index in [-0.39, 0.29) is 41.4 Å². The molecule has 0 aromatic heterocycles. The van der Waals surface area contributed by atoms with Crippen molar-refractivity contribution in [3.05, 3.63) is 23.3 Å². The summed E-state index contributed by atoms with van der Waals surface area (Å²) in [4.78, 5) is 24.1. The molecule has 7 atom stereocenters. The van der Waals surface area contributed by atoms with Crippen LogP contribution in [0.25, 0.3) is 0 Å². The summed E-state index contributed by atoms with van der Waals surface area (Å²) in [6.45, 7) is 10.3. The van der Waals surface area contributed by atoms with Gasteiger partial charge < -0.3 is 14.6 Å². The van der Waals surface area contributed by atoms with Crippen molar-refractivity contribution in [2.24, 2.45) is 22.7 Å². The Hall–Kier alpha value is -1.62. The molecule has 0 aromatic rings. The fourth-order valence-corrected chi connectivity index (χ4v) is 7.29. The van der Waals surface area contributed by atoms with Crippen LogP contribution in [0.2, 0.25) is 0 Å². The molecule has 1 saturated heterocycles. The molecular formula is C25H36O5. The fourth-order valence-electron chi connectivity index (χ4n) is 7.29. The van der Waals surface area contributed by atoms with E-state index in [0.29, 0.717) is 12.8 Å². The van der Waals surface area contributed by atoms with E-state index in [4.69, 9.17) is 9.47 Å². The van der Waals surface area contributed by atoms with Crippen LogP contribution in [0.4, 0.5) is 0 Å². The van der Waals surface area contributed by atoms with Crippen molar-refractivity contribution >= 4 is 11.9 Å². The van der Waals surface area contributed by atoms with Crippen LogP contribution >= 0.6 is 0 Å². The maximum Gasteiger partial charge on any atom is 0.331 e. The first kappa shape index (κ1) is 21.6. The lowest BCUT2D eigenvalue weighted by molar-refractivity contribution is -0.181. The largest absolute Gasteiger partial charge is 0.461 e. The van der Waals surface area contributed by atoms with Gasteiger partial charge in [-0.05, 0) is 70.3 Å². The number of esters is 2. The summed E-state index contributed by atoms with van der Waals surface area (Å²) >= 11 is 0. The van der Waals surface area contributed by atoms with E-state index in [0.717, 1.165) is 37.7 Å². The Morgan fingerprint density at radius 3 is 2.63 bits per heavy atom. The standard InChI is InChI=1S/C25H36O5/c1-15(7-9-17-16(2)13-20(26)29-17)8-10-19-23(3)11-6-12-24(4)21(23)18(30-22(24)27)14-25(19,5)28/h7,13,17-19,21,28H,6,8-12,14H2,1-5H3/t17-,18-,19+,21-,23+,24+,25+/m0/s1. The third-order valence-corrected chi connectivity index (χ3v) is 8.69. The molecule has 0 spiro atoms. The molecule has 5 heteroatoms. The number of aliphatic hydroxyl groups is 1. The summed E-state index contributed by atoms with van der Waals surface area (Å²) < 4.78 is 11.1. The van der Waals surface area contributed by atoms with E-state index in [1.807, 2.05) is 13.8 Å². The van der Waals surface area contributed by atoms with Gasteiger partial charge in [-0.15, -0.1) is 0 Å². The predicted molar refractivity (Wildman–Crippen MR) is 113 cm³/mol. The lowest BCUT2D eigenvalue weighted by atomic mass is 9.45. The summed E-state index contributed by atoms with van der Waals surface area (Å²) in [7, 11) is 0. The number of carbonyl (C=O) groups is 2. The van der Waals surface area contributed by atoms with Gasteiger partial charge in [0.25, 0.3) is 0 Å². The predicted octanol–water partition coefficient (Wildman–Crippen LogP) is 4.48. The zero-order valence-electron chi connectivity index (χ0n) is 19.0. The number of rotatable bonds is 5. The zero-order chi connectivity index (χ0) is 21.9. The summed E-state index contributed by atoms with van der Waals surface area (Å²) in [6, 6.07) is 0.